The van der Waals surface area contributed by atoms with Gasteiger partial charge in [0.2, 0.25) is 0 Å². The molecule has 0 spiro atoms. The van der Waals surface area contributed by atoms with Crippen molar-refractivity contribution in [3.05, 3.63) is 214 Å². The fraction of sp³-hybridized carbons (Fsp3) is 0.319. The highest BCUT2D eigenvalue weighted by Gasteiger charge is 2.42. The molecule has 2 heterocycles. The average Bonchev–Trinajstić information content (AvgIpc) is 2.93. The number of fused-ring (bicyclic) bond motifs is 1. The molecule has 2 fully saturated rings. The summed E-state index contributed by atoms with van der Waals surface area (Å²) in [4.78, 5) is 84.0. The van der Waals surface area contributed by atoms with Crippen LogP contribution in [-0.2, 0) is 60.9 Å². The zero-order valence-electron chi connectivity index (χ0n) is 51.3. The number of allylic oxidation sites excluding steroid dienone is 1. The van der Waals surface area contributed by atoms with Crippen LogP contribution < -0.4 is 11.5 Å². The average molecular weight is 1200 g/mol. The number of phenolic OH excluding ortho intramolecular Hbond substituents is 5. The number of aromatic hydroxyl groups is 5. The Kier molecular flexibility index (Phi) is 29.7. The quantitative estimate of drug-likeness (QED) is 0.0310. The zero-order valence-corrected chi connectivity index (χ0v) is 51.3. The molecule has 9 N–H and O–H groups in total. The van der Waals surface area contributed by atoms with Gasteiger partial charge in [-0.25, -0.2) is 0 Å². The van der Waals surface area contributed by atoms with Crippen LogP contribution >= 0.6 is 0 Å². The van der Waals surface area contributed by atoms with E-state index < -0.39 is 12.1 Å². The minimum absolute atomic E-state index is 0.0203. The molecular weight excluding hydrogens is 1110 g/mol. The lowest BCUT2D eigenvalue weighted by atomic mass is 10.0. The van der Waals surface area contributed by atoms with E-state index in [0.717, 1.165) is 54.4 Å². The van der Waals surface area contributed by atoms with Gasteiger partial charge in [-0.3, -0.25) is 33.9 Å². The van der Waals surface area contributed by atoms with E-state index in [4.69, 9.17) is 37.0 Å². The van der Waals surface area contributed by atoms with Crippen molar-refractivity contribution in [3.63, 3.8) is 0 Å². The monoisotopic (exact) mass is 1200 g/mol. The summed E-state index contributed by atoms with van der Waals surface area (Å²) < 4.78 is 0. The van der Waals surface area contributed by atoms with Crippen molar-refractivity contribution in [1.82, 2.24) is 9.97 Å². The van der Waals surface area contributed by atoms with Crippen molar-refractivity contribution in [2.75, 3.05) is 0 Å². The topological polar surface area (TPSA) is 298 Å². The van der Waals surface area contributed by atoms with Gasteiger partial charge in [0.05, 0.1) is 12.1 Å². The number of pyridine rings is 2. The molecule has 16 heteroatoms. The molecule has 2 aromatic heterocycles. The van der Waals surface area contributed by atoms with Crippen LogP contribution in [0.15, 0.2) is 164 Å². The largest absolute Gasteiger partial charge is 0.508 e. The number of Topliss-reactive ketones (excluding diaryl/α,β-unsaturated/α-hetero) is 7. The lowest BCUT2D eigenvalue weighted by molar-refractivity contribution is -0.119. The number of hydrogen-bond donors (Lipinski definition) is 7. The predicted octanol–water partition coefficient (Wildman–Crippen LogP) is 11.6. The molecule has 88 heavy (non-hydrogen) atoms. The van der Waals surface area contributed by atoms with E-state index in [1.54, 1.807) is 107 Å². The number of aromatic nitrogens is 2. The third-order valence-corrected chi connectivity index (χ3v) is 14.6. The second-order valence-corrected chi connectivity index (χ2v) is 22.2. The molecule has 10 rings (SSSR count). The smallest absolute Gasteiger partial charge is 0.159 e. The van der Waals surface area contributed by atoms with E-state index in [0.29, 0.717) is 55.5 Å². The lowest BCUT2D eigenvalue weighted by Crippen LogP contribution is -2.30. The molecule has 2 saturated carbocycles. The molecule has 0 bridgehead atoms. The van der Waals surface area contributed by atoms with Crippen LogP contribution in [0.2, 0.25) is 0 Å². The number of nitrogens with two attached hydrogens (primary N) is 2. The normalized spacial score (nSPS) is 15.7. The molecule has 6 atom stereocenters. The first-order valence-corrected chi connectivity index (χ1v) is 29.3. The molecule has 0 saturated heterocycles. The summed E-state index contributed by atoms with van der Waals surface area (Å²) in [5.41, 5.74) is 20.8. The maximum absolute atomic E-state index is 11.0. The molecule has 0 amide bonds. The van der Waals surface area contributed by atoms with E-state index in [2.05, 4.69) is 22.1 Å². The zero-order chi connectivity index (χ0) is 64.9. The van der Waals surface area contributed by atoms with Crippen LogP contribution in [0.4, 0.5) is 0 Å². The van der Waals surface area contributed by atoms with Crippen molar-refractivity contribution < 1.29 is 59.1 Å². The highest BCUT2D eigenvalue weighted by molar-refractivity contribution is 5.94. The van der Waals surface area contributed by atoms with Crippen molar-refractivity contribution in [2.45, 2.75) is 137 Å². The Morgan fingerprint density at radius 1 is 0.500 bits per heavy atom. The molecule has 3 aliphatic carbocycles. The van der Waals surface area contributed by atoms with Gasteiger partial charge in [-0.05, 0) is 223 Å². The van der Waals surface area contributed by atoms with Gasteiger partial charge in [0, 0.05) is 55.0 Å². The Bertz CT molecular complexity index is 3280. The first-order chi connectivity index (χ1) is 41.8. The Balaban J connectivity index is 0.000000220. The van der Waals surface area contributed by atoms with Gasteiger partial charge < -0.3 is 46.6 Å². The fourth-order valence-corrected chi connectivity index (χ4v) is 9.00. The van der Waals surface area contributed by atoms with Gasteiger partial charge in [0.15, 0.2) is 17.3 Å². The summed E-state index contributed by atoms with van der Waals surface area (Å²) in [5, 5.41) is 45.2. The molecule has 464 valence electrons. The summed E-state index contributed by atoms with van der Waals surface area (Å²) in [6, 6.07) is 38.0. The summed E-state index contributed by atoms with van der Waals surface area (Å²) in [7, 11) is 0. The summed E-state index contributed by atoms with van der Waals surface area (Å²) in [5.74, 6) is 2.99. The summed E-state index contributed by atoms with van der Waals surface area (Å²) >= 11 is 0. The Labute approximate surface area is 516 Å². The standard InChI is InChI=1S/C11H14O2.C11H10O.2C10H13NO2.2C10H11NO.C10H12O3/c1-9(12)3-2-4-10-5-7-11(13)8-6-10;1-8(12)10-6-5-9-3-2-4-11(9)7-10;2*1-7(12)10(11)6-8-2-4-9(13)5-3-8;2*1-7(12)9-5-10(9)8-3-2-4-11-6-8;1-7(11)2-3-8-4-5-9(12)10(13)6-8/h5-8,13H,2-4H2,1H3;2-3,5-7H,4H2,1H3;2*2-5,10,13H,6,11H2,1H3;2*2-4,6,9-10H,5H2,1H3;4-6,12-13H,2-3H2,1H3/t;;2*10-;9-,10+;9-,10-;/m..1001./s1. The van der Waals surface area contributed by atoms with Crippen molar-refractivity contribution in [1.29, 1.82) is 0 Å². The molecule has 7 aromatic rings. The van der Waals surface area contributed by atoms with Crippen LogP contribution in [0.25, 0.3) is 6.08 Å². The predicted molar refractivity (Wildman–Crippen MR) is 342 cm³/mol. The van der Waals surface area contributed by atoms with Gasteiger partial charge in [-0.15, -0.1) is 0 Å². The van der Waals surface area contributed by atoms with Crippen LogP contribution in [0, 0.1) is 11.8 Å². The minimum atomic E-state index is -0.440. The molecule has 0 aliphatic heterocycles. The van der Waals surface area contributed by atoms with Gasteiger partial charge in [0.1, 0.15) is 51.9 Å². The van der Waals surface area contributed by atoms with Crippen molar-refractivity contribution >= 4 is 46.6 Å². The second kappa shape index (κ2) is 36.7. The number of carbonyl (C=O) groups is 7. The summed E-state index contributed by atoms with van der Waals surface area (Å²) in [6.45, 7) is 11.0. The van der Waals surface area contributed by atoms with Crippen LogP contribution in [0.1, 0.15) is 147 Å². The maximum atomic E-state index is 11.0. The fourth-order valence-electron chi connectivity index (χ4n) is 9.00. The van der Waals surface area contributed by atoms with E-state index in [1.807, 2.05) is 67.0 Å². The van der Waals surface area contributed by atoms with Crippen molar-refractivity contribution in [2.24, 2.45) is 23.3 Å². The number of nitrogens with zero attached hydrogens (tertiary/aromatic N) is 2. The number of rotatable bonds is 18. The molecule has 5 aromatic carbocycles. The maximum Gasteiger partial charge on any atom is 0.159 e. The SMILES string of the molecule is CC(=O)CCCc1ccc(O)cc1.CC(=O)CCc1ccc(O)c(O)c1.CC(=O)[C@@H](N)Cc1ccc(O)cc1.CC(=O)[C@@H]1C[C@@H]1c1cccnc1.CC(=O)[C@H](N)Cc1ccc(O)cc1.CC(=O)[C@H]1C[C@@H]1c1cccnc1.CC(=O)c1ccc2c(c1)CC=C2. The number of hydrogen-bond acceptors (Lipinski definition) is 16. The van der Waals surface area contributed by atoms with E-state index in [9.17, 15) is 33.6 Å². The van der Waals surface area contributed by atoms with Gasteiger partial charge in [-0.1, -0.05) is 78.9 Å². The van der Waals surface area contributed by atoms with Gasteiger partial charge in [-0.2, -0.15) is 0 Å². The number of carbonyl (C=O) groups excluding carboxylic acids is 7. The first-order valence-electron chi connectivity index (χ1n) is 29.3. The van der Waals surface area contributed by atoms with Crippen LogP contribution in [0.3, 0.4) is 0 Å². The van der Waals surface area contributed by atoms with E-state index >= 15 is 0 Å². The molecule has 0 unspecified atom stereocenters. The minimum Gasteiger partial charge on any atom is -0.508 e. The lowest BCUT2D eigenvalue weighted by Gasteiger charge is -2.07. The highest BCUT2D eigenvalue weighted by Crippen LogP contribution is 2.48. The number of phenols is 5. The number of aryl methyl sites for hydroxylation is 2. The Hall–Kier alpha value is -9.25. The highest BCUT2D eigenvalue weighted by atomic mass is 16.3. The third-order valence-electron chi connectivity index (χ3n) is 14.6. The summed E-state index contributed by atoms with van der Waals surface area (Å²) in [6.07, 6.45) is 19.0. The van der Waals surface area contributed by atoms with Crippen LogP contribution in [-0.4, -0.2) is 88.1 Å². The third kappa shape index (κ3) is 27.0. The van der Waals surface area contributed by atoms with E-state index in [-0.39, 0.29) is 69.5 Å². The second-order valence-electron chi connectivity index (χ2n) is 22.2. The molecule has 16 nitrogen and oxygen atoms in total. The molecule has 3 aliphatic rings. The van der Waals surface area contributed by atoms with Gasteiger partial charge in [0.25, 0.3) is 0 Å². The number of ketones is 7. The Morgan fingerprint density at radius 2 is 0.943 bits per heavy atom. The first kappa shape index (κ1) is 71.2. The van der Waals surface area contributed by atoms with E-state index in [1.165, 1.54) is 60.7 Å². The van der Waals surface area contributed by atoms with Crippen molar-refractivity contribution in [3.8, 4) is 28.7 Å². The molecule has 0 radical (unpaired) electrons. The molecular formula is C72H84N4O12. The van der Waals surface area contributed by atoms with Gasteiger partial charge >= 0.3 is 0 Å². The van der Waals surface area contributed by atoms with Crippen LogP contribution in [0.5, 0.6) is 28.7 Å². The number of benzene rings is 5. The Morgan fingerprint density at radius 3 is 1.32 bits per heavy atom.